The minimum absolute atomic E-state index is 0.506. The van der Waals surface area contributed by atoms with Crippen LogP contribution in [-0.4, -0.2) is 10.1 Å². The van der Waals surface area contributed by atoms with E-state index >= 15 is 0 Å². The lowest BCUT2D eigenvalue weighted by Crippen LogP contribution is -1.96. The van der Waals surface area contributed by atoms with E-state index in [1.165, 1.54) is 38.5 Å². The van der Waals surface area contributed by atoms with Crippen LogP contribution in [0, 0.1) is 6.33 Å². The topological polar surface area (TPSA) is 38.9 Å². The van der Waals surface area contributed by atoms with E-state index in [0.29, 0.717) is 5.92 Å². The van der Waals surface area contributed by atoms with Gasteiger partial charge in [-0.05, 0) is 12.8 Å². The minimum atomic E-state index is 0.506. The maximum atomic E-state index is 5.01. The normalized spacial score (nSPS) is 20.7. The maximum Gasteiger partial charge on any atom is 0.243 e. The Hall–Kier alpha value is -0.860. The summed E-state index contributed by atoms with van der Waals surface area (Å²) in [6.45, 7) is 0. The van der Waals surface area contributed by atoms with Crippen molar-refractivity contribution in [2.45, 2.75) is 44.4 Å². The van der Waals surface area contributed by atoms with Crippen molar-refractivity contribution in [3.8, 4) is 0 Å². The molecule has 1 heterocycles. The molecule has 1 aromatic rings. The van der Waals surface area contributed by atoms with E-state index in [1.807, 2.05) is 0 Å². The Morgan fingerprint density at radius 3 is 2.50 bits per heavy atom. The third-order valence-corrected chi connectivity index (χ3v) is 2.54. The molecule has 1 aliphatic carbocycles. The lowest BCUT2D eigenvalue weighted by molar-refractivity contribution is 0.339. The first-order chi connectivity index (χ1) is 5.97. The van der Waals surface area contributed by atoms with Crippen molar-refractivity contribution in [3.05, 3.63) is 12.2 Å². The molecule has 3 nitrogen and oxygen atoms in total. The Balaban J connectivity index is 2.02. The average Bonchev–Trinajstić information content (AvgIpc) is 2.48. The predicted octanol–water partition coefficient (Wildman–Crippen LogP) is 2.31. The van der Waals surface area contributed by atoms with Crippen LogP contribution in [0.2, 0.25) is 0 Å². The van der Waals surface area contributed by atoms with Gasteiger partial charge in [0.2, 0.25) is 12.2 Å². The van der Waals surface area contributed by atoms with Crippen LogP contribution in [-0.2, 0) is 0 Å². The Bertz CT molecular complexity index is 212. The molecule has 0 amide bonds. The highest BCUT2D eigenvalue weighted by atomic mass is 16.5. The molecule has 65 valence electrons. The Labute approximate surface area is 72.2 Å². The van der Waals surface area contributed by atoms with Crippen LogP contribution in [0.15, 0.2) is 4.52 Å². The monoisotopic (exact) mass is 165 g/mol. The fourth-order valence-corrected chi connectivity index (χ4v) is 1.85. The van der Waals surface area contributed by atoms with Gasteiger partial charge in [-0.25, -0.2) is 0 Å². The van der Waals surface area contributed by atoms with E-state index in [4.69, 9.17) is 4.52 Å². The third kappa shape index (κ3) is 1.65. The lowest BCUT2D eigenvalue weighted by Gasteiger charge is -2.06. The molecule has 0 N–H and O–H groups in total. The second kappa shape index (κ2) is 3.70. The van der Waals surface area contributed by atoms with Gasteiger partial charge in [0.05, 0.1) is 0 Å². The van der Waals surface area contributed by atoms with Crippen LogP contribution >= 0.6 is 0 Å². The van der Waals surface area contributed by atoms with Gasteiger partial charge in [0.15, 0.2) is 0 Å². The lowest BCUT2D eigenvalue weighted by atomic mass is 10.0. The van der Waals surface area contributed by atoms with Gasteiger partial charge < -0.3 is 4.52 Å². The van der Waals surface area contributed by atoms with Crippen LogP contribution < -0.4 is 0 Å². The van der Waals surface area contributed by atoms with Crippen molar-refractivity contribution in [2.75, 3.05) is 0 Å². The Morgan fingerprint density at radius 2 is 1.92 bits per heavy atom. The molecule has 0 spiro atoms. The number of hydrogen-bond acceptors (Lipinski definition) is 3. The molecule has 2 rings (SSSR count). The summed E-state index contributed by atoms with van der Waals surface area (Å²) in [5.41, 5.74) is 0. The zero-order valence-corrected chi connectivity index (χ0v) is 7.12. The highest BCUT2D eigenvalue weighted by molar-refractivity contribution is 4.89. The van der Waals surface area contributed by atoms with E-state index in [1.54, 1.807) is 0 Å². The van der Waals surface area contributed by atoms with Crippen molar-refractivity contribution in [3.63, 3.8) is 0 Å². The van der Waals surface area contributed by atoms with Crippen LogP contribution in [0.25, 0.3) is 0 Å². The Morgan fingerprint density at radius 1 is 1.17 bits per heavy atom. The fraction of sp³-hybridized carbons (Fsp3) is 0.778. The molecule has 0 bridgehead atoms. The molecule has 0 saturated heterocycles. The molecule has 0 atom stereocenters. The predicted molar refractivity (Wildman–Crippen MR) is 43.6 cm³/mol. The van der Waals surface area contributed by atoms with Gasteiger partial charge in [-0.3, -0.25) is 0 Å². The highest BCUT2D eigenvalue weighted by Gasteiger charge is 2.18. The molecular weight excluding hydrogens is 152 g/mol. The molecule has 3 heteroatoms. The quantitative estimate of drug-likeness (QED) is 0.599. The highest BCUT2D eigenvalue weighted by Crippen LogP contribution is 2.29. The first-order valence-corrected chi connectivity index (χ1v) is 4.66. The van der Waals surface area contributed by atoms with Crippen molar-refractivity contribution in [1.29, 1.82) is 0 Å². The summed E-state index contributed by atoms with van der Waals surface area (Å²) in [6, 6.07) is 0. The number of aromatic nitrogens is 2. The van der Waals surface area contributed by atoms with Gasteiger partial charge in [-0.2, -0.15) is 4.98 Å². The molecule has 1 radical (unpaired) electrons. The average molecular weight is 165 g/mol. The minimum Gasteiger partial charge on any atom is -0.339 e. The van der Waals surface area contributed by atoms with Gasteiger partial charge in [0.1, 0.15) is 0 Å². The van der Waals surface area contributed by atoms with E-state index in [0.717, 1.165) is 5.89 Å². The molecule has 0 unspecified atom stereocenters. The standard InChI is InChI=1S/C9H13N2O/c1-2-4-6-8(5-3-1)9-10-7-11-12-9/h8H,1-6H2. The van der Waals surface area contributed by atoms with Crippen LogP contribution in [0.1, 0.15) is 50.3 Å². The zero-order valence-electron chi connectivity index (χ0n) is 7.12. The number of hydrogen-bond donors (Lipinski definition) is 0. The summed E-state index contributed by atoms with van der Waals surface area (Å²) in [5, 5.41) is 3.52. The van der Waals surface area contributed by atoms with E-state index in [9.17, 15) is 0 Å². The van der Waals surface area contributed by atoms with Gasteiger partial charge in [0, 0.05) is 5.92 Å². The molecule has 1 saturated carbocycles. The van der Waals surface area contributed by atoms with E-state index in [2.05, 4.69) is 16.5 Å². The summed E-state index contributed by atoms with van der Waals surface area (Å²) in [5.74, 6) is 1.29. The van der Waals surface area contributed by atoms with Gasteiger partial charge in [-0.15, -0.1) is 0 Å². The van der Waals surface area contributed by atoms with Crippen molar-refractivity contribution in [2.24, 2.45) is 0 Å². The molecular formula is C9H13N2O. The molecule has 0 aliphatic heterocycles. The smallest absolute Gasteiger partial charge is 0.243 e. The maximum absolute atomic E-state index is 5.01. The fourth-order valence-electron chi connectivity index (χ4n) is 1.85. The molecule has 1 aliphatic rings. The molecule has 1 fully saturated rings. The summed E-state index contributed by atoms with van der Waals surface area (Å²) >= 11 is 0. The first-order valence-electron chi connectivity index (χ1n) is 4.66. The summed E-state index contributed by atoms with van der Waals surface area (Å²) in [4.78, 5) is 3.98. The number of rotatable bonds is 1. The van der Waals surface area contributed by atoms with Crippen molar-refractivity contribution >= 4 is 0 Å². The summed E-state index contributed by atoms with van der Waals surface area (Å²) in [6.07, 6.45) is 10.2. The zero-order chi connectivity index (χ0) is 8.23. The van der Waals surface area contributed by atoms with Gasteiger partial charge in [-0.1, -0.05) is 30.8 Å². The van der Waals surface area contributed by atoms with Crippen LogP contribution in [0.5, 0.6) is 0 Å². The van der Waals surface area contributed by atoms with Gasteiger partial charge >= 0.3 is 0 Å². The largest absolute Gasteiger partial charge is 0.339 e. The second-order valence-electron chi connectivity index (χ2n) is 3.42. The van der Waals surface area contributed by atoms with E-state index in [-0.39, 0.29) is 0 Å². The van der Waals surface area contributed by atoms with Gasteiger partial charge in [0.25, 0.3) is 0 Å². The molecule has 12 heavy (non-hydrogen) atoms. The van der Waals surface area contributed by atoms with Crippen LogP contribution in [0.3, 0.4) is 0 Å². The molecule has 1 aromatic heterocycles. The van der Waals surface area contributed by atoms with Crippen molar-refractivity contribution < 1.29 is 4.52 Å². The Kier molecular flexibility index (Phi) is 2.39. The summed E-state index contributed by atoms with van der Waals surface area (Å²) in [7, 11) is 0. The first kappa shape index (κ1) is 7.77. The third-order valence-electron chi connectivity index (χ3n) is 2.54. The SMILES string of the molecule is [c]1noc(C2CCCCCC2)n1. The summed E-state index contributed by atoms with van der Waals surface area (Å²) < 4.78 is 5.01. The van der Waals surface area contributed by atoms with Crippen molar-refractivity contribution in [1.82, 2.24) is 10.1 Å². The number of nitrogens with zero attached hydrogens (tertiary/aromatic N) is 2. The van der Waals surface area contributed by atoms with E-state index < -0.39 is 0 Å². The molecule has 0 aromatic carbocycles. The second-order valence-corrected chi connectivity index (χ2v) is 3.42. The van der Waals surface area contributed by atoms with Crippen LogP contribution in [0.4, 0.5) is 0 Å².